The molecule has 1 nitrogen and oxygen atoms in total. The minimum Gasteiger partial charge on any atom is -0.399 e. The number of hydrogen-bond donors (Lipinski definition) is 1. The molecule has 0 fully saturated rings. The zero-order valence-electron chi connectivity index (χ0n) is 8.10. The predicted octanol–water partition coefficient (Wildman–Crippen LogP) is 3.13. The Morgan fingerprint density at radius 1 is 1.15 bits per heavy atom. The van der Waals surface area contributed by atoms with Gasteiger partial charge < -0.3 is 5.73 Å². The van der Waals surface area contributed by atoms with Crippen LogP contribution < -0.4 is 5.73 Å². The summed E-state index contributed by atoms with van der Waals surface area (Å²) < 4.78 is 12.9. The Hall–Kier alpha value is -0.760. The number of hydrogen-bond acceptors (Lipinski definition) is 1. The van der Waals surface area contributed by atoms with Crippen molar-refractivity contribution in [3.05, 3.63) is 29.6 Å². The van der Waals surface area contributed by atoms with Crippen molar-refractivity contribution < 1.29 is 4.39 Å². The highest BCUT2D eigenvalue weighted by Gasteiger charge is 2.14. The normalized spacial score (nSPS) is 10.8. The molecular weight excluding hydrogens is 189 g/mol. The fraction of sp³-hybridized carbons (Fsp3) is 0.400. The van der Waals surface area contributed by atoms with Crippen LogP contribution >= 0.6 is 12.4 Å². The minimum absolute atomic E-state index is 0. The molecule has 1 aromatic carbocycles. The fourth-order valence-electron chi connectivity index (χ4n) is 1.05. The average Bonchev–Trinajstić information content (AvgIpc) is 1.82. The van der Waals surface area contributed by atoms with Crippen molar-refractivity contribution in [2.75, 3.05) is 5.73 Å². The van der Waals surface area contributed by atoms with Gasteiger partial charge in [-0.2, -0.15) is 0 Å². The first-order valence-corrected chi connectivity index (χ1v) is 3.96. The molecule has 0 aromatic heterocycles. The van der Waals surface area contributed by atoms with Gasteiger partial charge in [0, 0.05) is 5.69 Å². The van der Waals surface area contributed by atoms with Gasteiger partial charge in [-0.1, -0.05) is 20.8 Å². The maximum absolute atomic E-state index is 12.9. The maximum atomic E-state index is 12.9. The molecule has 3 heteroatoms. The van der Waals surface area contributed by atoms with Gasteiger partial charge in [-0.05, 0) is 29.2 Å². The van der Waals surface area contributed by atoms with E-state index in [1.165, 1.54) is 12.1 Å². The van der Waals surface area contributed by atoms with Gasteiger partial charge in [0.1, 0.15) is 5.82 Å². The second kappa shape index (κ2) is 3.97. The highest BCUT2D eigenvalue weighted by Crippen LogP contribution is 2.24. The van der Waals surface area contributed by atoms with Crippen LogP contribution in [0.5, 0.6) is 0 Å². The molecule has 0 unspecified atom stereocenters. The summed E-state index contributed by atoms with van der Waals surface area (Å²) in [5.74, 6) is -0.264. The number of nitrogen functional groups attached to an aromatic ring is 1. The van der Waals surface area contributed by atoms with E-state index < -0.39 is 0 Å². The molecule has 74 valence electrons. The van der Waals surface area contributed by atoms with Crippen LogP contribution in [0, 0.1) is 5.82 Å². The Morgan fingerprint density at radius 3 is 2.08 bits per heavy atom. The Kier molecular flexibility index (Phi) is 3.73. The summed E-state index contributed by atoms with van der Waals surface area (Å²) in [6, 6.07) is 4.66. The van der Waals surface area contributed by atoms with E-state index in [1.54, 1.807) is 0 Å². The monoisotopic (exact) mass is 203 g/mol. The van der Waals surface area contributed by atoms with Crippen molar-refractivity contribution in [3.8, 4) is 0 Å². The second-order valence-corrected chi connectivity index (χ2v) is 4.02. The van der Waals surface area contributed by atoms with Crippen LogP contribution in [0.1, 0.15) is 26.3 Å². The Bertz CT molecular complexity index is 271. The van der Waals surface area contributed by atoms with Crippen LogP contribution in [-0.4, -0.2) is 0 Å². The molecule has 13 heavy (non-hydrogen) atoms. The SMILES string of the molecule is CC(C)(C)c1cc(N)cc(F)c1.Cl. The molecule has 0 aliphatic rings. The maximum Gasteiger partial charge on any atom is 0.125 e. The fourth-order valence-corrected chi connectivity index (χ4v) is 1.05. The van der Waals surface area contributed by atoms with Crippen molar-refractivity contribution in [2.24, 2.45) is 0 Å². The van der Waals surface area contributed by atoms with Crippen molar-refractivity contribution in [3.63, 3.8) is 0 Å². The standard InChI is InChI=1S/C10H14FN.ClH/c1-10(2,3)7-4-8(11)6-9(12)5-7;/h4-6H,12H2,1-3H3;1H. The Labute approximate surface area is 84.5 Å². The third-order valence-corrected chi connectivity index (χ3v) is 1.79. The van der Waals surface area contributed by atoms with Gasteiger partial charge in [0.2, 0.25) is 0 Å². The number of benzene rings is 1. The van der Waals surface area contributed by atoms with E-state index in [0.717, 1.165) is 5.56 Å². The molecule has 0 spiro atoms. The molecule has 1 aromatic rings. The lowest BCUT2D eigenvalue weighted by molar-refractivity contribution is 0.573. The quantitative estimate of drug-likeness (QED) is 0.645. The summed E-state index contributed by atoms with van der Waals surface area (Å²) in [6.07, 6.45) is 0. The van der Waals surface area contributed by atoms with Gasteiger partial charge in [-0.25, -0.2) is 4.39 Å². The first-order chi connectivity index (χ1) is 5.39. The van der Waals surface area contributed by atoms with Gasteiger partial charge in [0.25, 0.3) is 0 Å². The van der Waals surface area contributed by atoms with Crippen LogP contribution in [0.15, 0.2) is 18.2 Å². The summed E-state index contributed by atoms with van der Waals surface area (Å²) in [6.45, 7) is 6.09. The first kappa shape index (κ1) is 12.2. The summed E-state index contributed by atoms with van der Waals surface area (Å²) in [5.41, 5.74) is 6.89. The lowest BCUT2D eigenvalue weighted by Gasteiger charge is -2.19. The molecule has 0 saturated heterocycles. The lowest BCUT2D eigenvalue weighted by Crippen LogP contribution is -2.11. The zero-order valence-corrected chi connectivity index (χ0v) is 8.91. The molecule has 0 saturated carbocycles. The van der Waals surface area contributed by atoms with Gasteiger partial charge in [0.05, 0.1) is 0 Å². The summed E-state index contributed by atoms with van der Waals surface area (Å²) >= 11 is 0. The lowest BCUT2D eigenvalue weighted by atomic mass is 9.87. The smallest absolute Gasteiger partial charge is 0.125 e. The Morgan fingerprint density at radius 2 is 1.69 bits per heavy atom. The van der Waals surface area contributed by atoms with Crippen molar-refractivity contribution in [1.29, 1.82) is 0 Å². The zero-order chi connectivity index (χ0) is 9.35. The number of nitrogens with two attached hydrogens (primary N) is 1. The van der Waals surface area contributed by atoms with E-state index in [-0.39, 0.29) is 23.6 Å². The summed E-state index contributed by atoms with van der Waals surface area (Å²) in [4.78, 5) is 0. The molecule has 0 atom stereocenters. The third-order valence-electron chi connectivity index (χ3n) is 1.79. The third kappa shape index (κ3) is 3.23. The molecule has 0 amide bonds. The molecule has 0 aliphatic carbocycles. The highest BCUT2D eigenvalue weighted by molar-refractivity contribution is 5.85. The van der Waals surface area contributed by atoms with Gasteiger partial charge >= 0.3 is 0 Å². The molecule has 1 rings (SSSR count). The minimum atomic E-state index is -0.264. The van der Waals surface area contributed by atoms with E-state index >= 15 is 0 Å². The predicted molar refractivity (Wildman–Crippen MR) is 56.8 cm³/mol. The van der Waals surface area contributed by atoms with Crippen molar-refractivity contribution in [2.45, 2.75) is 26.2 Å². The van der Waals surface area contributed by atoms with E-state index in [1.807, 2.05) is 26.8 Å². The Balaban J connectivity index is 0.00000144. The average molecular weight is 204 g/mol. The molecule has 0 heterocycles. The van der Waals surface area contributed by atoms with Gasteiger partial charge in [0.15, 0.2) is 0 Å². The number of rotatable bonds is 0. The van der Waals surface area contributed by atoms with Gasteiger partial charge in [-0.15, -0.1) is 12.4 Å². The van der Waals surface area contributed by atoms with E-state index in [4.69, 9.17) is 5.73 Å². The summed E-state index contributed by atoms with van der Waals surface area (Å²) in [7, 11) is 0. The van der Waals surface area contributed by atoms with Crippen LogP contribution in [0.2, 0.25) is 0 Å². The van der Waals surface area contributed by atoms with E-state index in [2.05, 4.69) is 0 Å². The van der Waals surface area contributed by atoms with Crippen LogP contribution in [0.4, 0.5) is 10.1 Å². The van der Waals surface area contributed by atoms with Crippen LogP contribution in [0.3, 0.4) is 0 Å². The van der Waals surface area contributed by atoms with E-state index in [9.17, 15) is 4.39 Å². The molecule has 0 aliphatic heterocycles. The number of halogens is 2. The van der Waals surface area contributed by atoms with Crippen molar-refractivity contribution in [1.82, 2.24) is 0 Å². The highest BCUT2D eigenvalue weighted by atomic mass is 35.5. The van der Waals surface area contributed by atoms with Crippen LogP contribution in [0.25, 0.3) is 0 Å². The second-order valence-electron chi connectivity index (χ2n) is 4.02. The van der Waals surface area contributed by atoms with Gasteiger partial charge in [-0.3, -0.25) is 0 Å². The number of anilines is 1. The molecule has 0 bridgehead atoms. The van der Waals surface area contributed by atoms with Crippen molar-refractivity contribution >= 4 is 18.1 Å². The summed E-state index contributed by atoms with van der Waals surface area (Å²) in [5, 5.41) is 0. The molecular formula is C10H15ClFN. The molecule has 2 N–H and O–H groups in total. The largest absolute Gasteiger partial charge is 0.399 e. The van der Waals surface area contributed by atoms with E-state index in [0.29, 0.717) is 5.69 Å². The first-order valence-electron chi connectivity index (χ1n) is 3.96. The molecule has 0 radical (unpaired) electrons. The van der Waals surface area contributed by atoms with Crippen LogP contribution in [-0.2, 0) is 5.41 Å². The topological polar surface area (TPSA) is 26.0 Å².